The molecule has 3 aromatic rings. The Morgan fingerprint density at radius 3 is 1.78 bits per heavy atom. The highest BCUT2D eigenvalue weighted by Crippen LogP contribution is 2.57. The molecular weight excluding hydrogens is 514 g/mol. The van der Waals surface area contributed by atoms with Gasteiger partial charge in [0.15, 0.2) is 0 Å². The van der Waals surface area contributed by atoms with Crippen LogP contribution in [0.25, 0.3) is 0 Å². The Hall–Kier alpha value is -3.25. The SMILES string of the molecule is Cc1ccc(C(c2cc(OCCOc3ccccc3)ccc2S(=O)(=O)[O-])(C(F)(F)F)C(F)(F)F)cc1. The predicted molar refractivity (Wildman–Crippen MR) is 116 cm³/mol. The first kappa shape index (κ1) is 27.3. The minimum atomic E-state index is -6.09. The standard InChI is InChI=1S/C24H20F6O5S/c1-16-7-9-17(10-8-16)22(23(25,26)27,24(28,29)30)20-15-19(11-12-21(20)36(31,32)33)35-14-13-34-18-5-3-2-4-6-18/h2-12,15H,13-14H2,1H3,(H,31,32,33)/p-1. The van der Waals surface area contributed by atoms with Crippen molar-refractivity contribution in [2.75, 3.05) is 13.2 Å². The third kappa shape index (κ3) is 5.44. The van der Waals surface area contributed by atoms with Gasteiger partial charge in [-0.1, -0.05) is 48.0 Å². The molecule has 0 saturated heterocycles. The summed E-state index contributed by atoms with van der Waals surface area (Å²) >= 11 is 0. The molecule has 0 aromatic heterocycles. The highest BCUT2D eigenvalue weighted by Gasteiger charge is 2.73. The smallest absolute Gasteiger partial charge is 0.411 e. The summed E-state index contributed by atoms with van der Waals surface area (Å²) in [6.45, 7) is 1.03. The first-order chi connectivity index (χ1) is 16.7. The van der Waals surface area contributed by atoms with Crippen LogP contribution in [-0.2, 0) is 15.5 Å². The largest absolute Gasteiger partial charge is 0.744 e. The number of alkyl halides is 6. The average Bonchev–Trinajstić information content (AvgIpc) is 2.77. The number of ether oxygens (including phenoxy) is 2. The van der Waals surface area contributed by atoms with E-state index in [1.165, 1.54) is 6.92 Å². The third-order valence-corrected chi connectivity index (χ3v) is 6.22. The van der Waals surface area contributed by atoms with Crippen LogP contribution in [0.5, 0.6) is 11.5 Å². The summed E-state index contributed by atoms with van der Waals surface area (Å²) in [5.41, 5.74) is -7.57. The van der Waals surface area contributed by atoms with Crippen LogP contribution in [-0.4, -0.2) is 38.5 Å². The highest BCUT2D eigenvalue weighted by atomic mass is 32.2. The summed E-state index contributed by atoms with van der Waals surface area (Å²) in [7, 11) is -5.76. The number of hydrogen-bond acceptors (Lipinski definition) is 5. The maximum atomic E-state index is 14.5. The third-order valence-electron chi connectivity index (χ3n) is 5.32. The Labute approximate surface area is 203 Å². The van der Waals surface area contributed by atoms with E-state index in [2.05, 4.69) is 0 Å². The lowest BCUT2D eigenvalue weighted by Gasteiger charge is -2.39. The van der Waals surface area contributed by atoms with Crippen molar-refractivity contribution in [2.24, 2.45) is 0 Å². The second kappa shape index (κ2) is 10.0. The lowest BCUT2D eigenvalue weighted by Crippen LogP contribution is -2.55. The zero-order chi connectivity index (χ0) is 26.8. The molecule has 0 unspecified atom stereocenters. The van der Waals surface area contributed by atoms with Crippen LogP contribution >= 0.6 is 0 Å². The minimum Gasteiger partial charge on any atom is -0.744 e. The van der Waals surface area contributed by atoms with Crippen molar-refractivity contribution < 1.29 is 48.8 Å². The van der Waals surface area contributed by atoms with Crippen molar-refractivity contribution in [1.82, 2.24) is 0 Å². The lowest BCUT2D eigenvalue weighted by molar-refractivity contribution is -0.289. The molecule has 12 heteroatoms. The molecule has 0 amide bonds. The Bertz CT molecular complexity index is 1270. The number of halogens is 6. The summed E-state index contributed by atoms with van der Waals surface area (Å²) in [6, 6.07) is 13.1. The molecule has 36 heavy (non-hydrogen) atoms. The zero-order valence-electron chi connectivity index (χ0n) is 18.6. The van der Waals surface area contributed by atoms with E-state index in [0.717, 1.165) is 18.2 Å². The van der Waals surface area contributed by atoms with E-state index in [1.807, 2.05) is 0 Å². The van der Waals surface area contributed by atoms with E-state index >= 15 is 0 Å². The molecule has 0 saturated carbocycles. The van der Waals surface area contributed by atoms with Crippen molar-refractivity contribution in [3.8, 4) is 11.5 Å². The van der Waals surface area contributed by atoms with Gasteiger partial charge in [0.1, 0.15) is 34.8 Å². The Morgan fingerprint density at radius 1 is 0.750 bits per heavy atom. The number of benzene rings is 3. The Balaban J connectivity index is 2.15. The van der Waals surface area contributed by atoms with Crippen LogP contribution in [0, 0.1) is 6.92 Å². The maximum absolute atomic E-state index is 14.5. The minimum absolute atomic E-state index is 0.122. The molecule has 0 aliphatic carbocycles. The summed E-state index contributed by atoms with van der Waals surface area (Å²) in [5.74, 6) is -0.0684. The van der Waals surface area contributed by atoms with Gasteiger partial charge < -0.3 is 14.0 Å². The van der Waals surface area contributed by atoms with E-state index < -0.39 is 49.7 Å². The lowest BCUT2D eigenvalue weighted by atomic mass is 9.72. The van der Waals surface area contributed by atoms with E-state index in [1.54, 1.807) is 30.3 Å². The monoisotopic (exact) mass is 533 g/mol. The quantitative estimate of drug-likeness (QED) is 0.209. The zero-order valence-corrected chi connectivity index (χ0v) is 19.4. The summed E-state index contributed by atoms with van der Waals surface area (Å²) in [4.78, 5) is -1.66. The summed E-state index contributed by atoms with van der Waals surface area (Å²) in [6.07, 6.45) is -12.2. The molecule has 0 aliphatic rings. The van der Waals surface area contributed by atoms with Gasteiger partial charge in [-0.2, -0.15) is 26.3 Å². The average molecular weight is 533 g/mol. The second-order valence-corrected chi connectivity index (χ2v) is 9.08. The van der Waals surface area contributed by atoms with Gasteiger partial charge in [0.2, 0.25) is 5.41 Å². The van der Waals surface area contributed by atoms with Crippen LogP contribution in [0.15, 0.2) is 77.7 Å². The normalized spacial score (nSPS) is 12.9. The first-order valence-corrected chi connectivity index (χ1v) is 11.7. The fraction of sp³-hybridized carbons (Fsp3) is 0.250. The fourth-order valence-corrected chi connectivity index (χ4v) is 4.41. The Morgan fingerprint density at radius 2 is 1.28 bits per heavy atom. The maximum Gasteiger partial charge on any atom is 0.411 e. The predicted octanol–water partition coefficient (Wildman–Crippen LogP) is 5.77. The van der Waals surface area contributed by atoms with Crippen LogP contribution in [0.4, 0.5) is 26.3 Å². The molecule has 0 aliphatic heterocycles. The molecule has 194 valence electrons. The number of aryl methyl sites for hydroxylation is 1. The number of hydrogen-bond donors (Lipinski definition) is 0. The van der Waals surface area contributed by atoms with E-state index in [-0.39, 0.29) is 19.3 Å². The molecule has 0 N–H and O–H groups in total. The molecule has 0 heterocycles. The number of para-hydroxylation sites is 1. The van der Waals surface area contributed by atoms with Gasteiger partial charge in [0, 0.05) is 5.56 Å². The van der Waals surface area contributed by atoms with Crippen molar-refractivity contribution in [3.05, 3.63) is 89.5 Å². The molecule has 3 rings (SSSR count). The van der Waals surface area contributed by atoms with Crippen LogP contribution < -0.4 is 9.47 Å². The molecule has 0 radical (unpaired) electrons. The topological polar surface area (TPSA) is 75.7 Å². The van der Waals surface area contributed by atoms with Gasteiger partial charge in [-0.3, -0.25) is 0 Å². The Kier molecular flexibility index (Phi) is 7.61. The van der Waals surface area contributed by atoms with Crippen LogP contribution in [0.2, 0.25) is 0 Å². The van der Waals surface area contributed by atoms with Crippen LogP contribution in [0.3, 0.4) is 0 Å². The second-order valence-electron chi connectivity index (χ2n) is 7.73. The molecular formula is C24H19F6O5S-. The van der Waals surface area contributed by atoms with Gasteiger partial charge in [-0.05, 0) is 42.8 Å². The van der Waals surface area contributed by atoms with Gasteiger partial charge in [-0.25, -0.2) is 8.42 Å². The van der Waals surface area contributed by atoms with Gasteiger partial charge in [0.25, 0.3) is 0 Å². The highest BCUT2D eigenvalue weighted by molar-refractivity contribution is 7.85. The first-order valence-electron chi connectivity index (χ1n) is 10.3. The molecule has 0 fully saturated rings. The molecule has 5 nitrogen and oxygen atoms in total. The van der Waals surface area contributed by atoms with E-state index in [0.29, 0.717) is 29.5 Å². The van der Waals surface area contributed by atoms with Gasteiger partial charge in [0.05, 0.1) is 4.90 Å². The molecule has 0 atom stereocenters. The van der Waals surface area contributed by atoms with Crippen molar-refractivity contribution in [2.45, 2.75) is 29.6 Å². The van der Waals surface area contributed by atoms with E-state index in [9.17, 15) is 39.3 Å². The summed E-state index contributed by atoms with van der Waals surface area (Å²) in [5, 5.41) is 0. The summed E-state index contributed by atoms with van der Waals surface area (Å²) < 4.78 is 133. The number of rotatable bonds is 8. The van der Waals surface area contributed by atoms with Crippen molar-refractivity contribution in [1.29, 1.82) is 0 Å². The van der Waals surface area contributed by atoms with E-state index in [4.69, 9.17) is 9.47 Å². The van der Waals surface area contributed by atoms with Crippen molar-refractivity contribution >= 4 is 10.1 Å². The fourth-order valence-electron chi connectivity index (χ4n) is 3.70. The van der Waals surface area contributed by atoms with Crippen LogP contribution in [0.1, 0.15) is 16.7 Å². The molecule has 3 aromatic carbocycles. The van der Waals surface area contributed by atoms with Crippen molar-refractivity contribution in [3.63, 3.8) is 0 Å². The molecule has 0 bridgehead atoms. The van der Waals surface area contributed by atoms with Gasteiger partial charge in [-0.15, -0.1) is 0 Å². The van der Waals surface area contributed by atoms with Gasteiger partial charge >= 0.3 is 12.4 Å². The molecule has 0 spiro atoms.